The van der Waals surface area contributed by atoms with Gasteiger partial charge in [0.25, 0.3) is 0 Å². The van der Waals surface area contributed by atoms with E-state index in [0.717, 1.165) is 17.4 Å². The summed E-state index contributed by atoms with van der Waals surface area (Å²) in [6, 6.07) is 7.16. The van der Waals surface area contributed by atoms with Crippen LogP contribution in [0.4, 0.5) is 0 Å². The van der Waals surface area contributed by atoms with Gasteiger partial charge in [0.2, 0.25) is 0 Å². The highest BCUT2D eigenvalue weighted by Gasteiger charge is 2.21. The molecule has 0 amide bonds. The predicted molar refractivity (Wildman–Crippen MR) is 70.6 cm³/mol. The Morgan fingerprint density at radius 2 is 2.25 bits per heavy atom. The molecule has 2 heterocycles. The lowest BCUT2D eigenvalue weighted by atomic mass is 10.00. The molecular formula is C13H15BrN2. The van der Waals surface area contributed by atoms with Gasteiger partial charge in [-0.1, -0.05) is 22.0 Å². The average molecular weight is 279 g/mol. The molecular weight excluding hydrogens is 264 g/mol. The van der Waals surface area contributed by atoms with Gasteiger partial charge in [0.15, 0.2) is 0 Å². The van der Waals surface area contributed by atoms with Gasteiger partial charge in [-0.3, -0.25) is 0 Å². The summed E-state index contributed by atoms with van der Waals surface area (Å²) in [5.41, 5.74) is 4.29. The van der Waals surface area contributed by atoms with E-state index in [1.807, 2.05) is 0 Å². The lowest BCUT2D eigenvalue weighted by Crippen LogP contribution is -2.33. The topological polar surface area (TPSA) is 17.0 Å². The van der Waals surface area contributed by atoms with Crippen molar-refractivity contribution in [2.24, 2.45) is 7.05 Å². The molecule has 2 aromatic rings. The molecule has 1 atom stereocenters. The van der Waals surface area contributed by atoms with Gasteiger partial charge in [-0.2, -0.15) is 0 Å². The summed E-state index contributed by atoms with van der Waals surface area (Å²) in [5.74, 6) is 0. The van der Waals surface area contributed by atoms with E-state index >= 15 is 0 Å². The summed E-state index contributed by atoms with van der Waals surface area (Å²) in [4.78, 5) is 0. The van der Waals surface area contributed by atoms with Crippen molar-refractivity contribution in [2.75, 3.05) is 0 Å². The Bertz CT molecular complexity index is 557. The van der Waals surface area contributed by atoms with Crippen molar-refractivity contribution in [1.82, 2.24) is 9.88 Å². The van der Waals surface area contributed by atoms with Crippen LogP contribution in [0.15, 0.2) is 22.7 Å². The third-order valence-electron chi connectivity index (χ3n) is 3.53. The second-order valence-corrected chi connectivity index (χ2v) is 5.55. The Morgan fingerprint density at radius 1 is 1.44 bits per heavy atom. The molecule has 0 aliphatic carbocycles. The van der Waals surface area contributed by atoms with Crippen molar-refractivity contribution in [3.63, 3.8) is 0 Å². The first-order valence-electron chi connectivity index (χ1n) is 5.66. The third-order valence-corrected chi connectivity index (χ3v) is 4.02. The molecule has 1 N–H and O–H groups in total. The molecule has 1 unspecified atom stereocenters. The summed E-state index contributed by atoms with van der Waals surface area (Å²) in [5, 5.41) is 4.93. The number of rotatable bonds is 0. The van der Waals surface area contributed by atoms with Crippen LogP contribution in [0.5, 0.6) is 0 Å². The third kappa shape index (κ3) is 1.42. The molecule has 1 aromatic carbocycles. The average Bonchev–Trinajstić information content (AvgIpc) is 2.52. The standard InChI is InChI=1S/C13H15BrN2/c1-8-5-11-10-4-3-9(14)6-12(10)16(2)13(11)7-15-8/h3-4,6,8,15H,5,7H2,1-2H3. The predicted octanol–water partition coefficient (Wildman–Crippen LogP) is 2.98. The van der Waals surface area contributed by atoms with Crippen molar-refractivity contribution in [1.29, 1.82) is 0 Å². The van der Waals surface area contributed by atoms with Gasteiger partial charge in [-0.15, -0.1) is 0 Å². The van der Waals surface area contributed by atoms with Crippen LogP contribution in [0, 0.1) is 0 Å². The number of aryl methyl sites for hydroxylation is 1. The van der Waals surface area contributed by atoms with E-state index in [0.29, 0.717) is 6.04 Å². The normalized spacial score (nSPS) is 20.1. The number of halogens is 1. The van der Waals surface area contributed by atoms with E-state index in [2.05, 4.69) is 58.0 Å². The smallest absolute Gasteiger partial charge is 0.0494 e. The molecule has 0 spiro atoms. The molecule has 0 radical (unpaired) electrons. The minimum atomic E-state index is 0.585. The quantitative estimate of drug-likeness (QED) is 0.784. The number of aromatic nitrogens is 1. The maximum Gasteiger partial charge on any atom is 0.0494 e. The van der Waals surface area contributed by atoms with Crippen molar-refractivity contribution < 1.29 is 0 Å². The van der Waals surface area contributed by atoms with Crippen LogP contribution in [0.2, 0.25) is 0 Å². The van der Waals surface area contributed by atoms with E-state index in [4.69, 9.17) is 0 Å². The fraction of sp³-hybridized carbons (Fsp3) is 0.385. The minimum absolute atomic E-state index is 0.585. The molecule has 0 saturated carbocycles. The van der Waals surface area contributed by atoms with Crippen LogP contribution in [-0.2, 0) is 20.0 Å². The van der Waals surface area contributed by atoms with Crippen LogP contribution in [0.25, 0.3) is 10.9 Å². The summed E-state index contributed by atoms with van der Waals surface area (Å²) < 4.78 is 3.47. The second-order valence-electron chi connectivity index (χ2n) is 4.63. The summed E-state index contributed by atoms with van der Waals surface area (Å²) >= 11 is 3.54. The molecule has 1 aliphatic heterocycles. The van der Waals surface area contributed by atoms with Crippen LogP contribution in [0.3, 0.4) is 0 Å². The zero-order valence-corrected chi connectivity index (χ0v) is 11.1. The van der Waals surface area contributed by atoms with Crippen LogP contribution < -0.4 is 5.32 Å². The van der Waals surface area contributed by atoms with Crippen LogP contribution >= 0.6 is 15.9 Å². The summed E-state index contributed by atoms with van der Waals surface area (Å²) in [6.45, 7) is 3.24. The number of fused-ring (bicyclic) bond motifs is 3. The maximum absolute atomic E-state index is 3.54. The second kappa shape index (κ2) is 3.60. The number of hydrogen-bond acceptors (Lipinski definition) is 1. The van der Waals surface area contributed by atoms with Gasteiger partial charge in [0.1, 0.15) is 0 Å². The fourth-order valence-corrected chi connectivity index (χ4v) is 2.99. The summed E-state index contributed by atoms with van der Waals surface area (Å²) in [6.07, 6.45) is 1.13. The largest absolute Gasteiger partial charge is 0.346 e. The lowest BCUT2D eigenvalue weighted by molar-refractivity contribution is 0.501. The van der Waals surface area contributed by atoms with Gasteiger partial charge in [-0.05, 0) is 31.0 Å². The van der Waals surface area contributed by atoms with Gasteiger partial charge in [0.05, 0.1) is 0 Å². The first-order valence-corrected chi connectivity index (χ1v) is 6.45. The van der Waals surface area contributed by atoms with Crippen LogP contribution in [0.1, 0.15) is 18.2 Å². The van der Waals surface area contributed by atoms with Crippen LogP contribution in [-0.4, -0.2) is 10.6 Å². The Labute approximate surface area is 104 Å². The molecule has 2 nitrogen and oxygen atoms in total. The first-order chi connectivity index (χ1) is 7.66. The molecule has 3 rings (SSSR count). The van der Waals surface area contributed by atoms with E-state index < -0.39 is 0 Å². The Morgan fingerprint density at radius 3 is 3.06 bits per heavy atom. The first kappa shape index (κ1) is 10.4. The molecule has 16 heavy (non-hydrogen) atoms. The number of nitrogens with zero attached hydrogens (tertiary/aromatic N) is 1. The van der Waals surface area contributed by atoms with E-state index in [1.165, 1.54) is 22.2 Å². The van der Waals surface area contributed by atoms with Gasteiger partial charge >= 0.3 is 0 Å². The van der Waals surface area contributed by atoms with E-state index in [1.54, 1.807) is 0 Å². The van der Waals surface area contributed by atoms with Gasteiger partial charge in [0, 0.05) is 40.7 Å². The molecule has 1 aromatic heterocycles. The van der Waals surface area contributed by atoms with Gasteiger partial charge in [-0.25, -0.2) is 0 Å². The van der Waals surface area contributed by atoms with Crippen molar-refractivity contribution in [3.8, 4) is 0 Å². The molecule has 3 heteroatoms. The minimum Gasteiger partial charge on any atom is -0.346 e. The number of benzene rings is 1. The molecule has 0 bridgehead atoms. The highest BCUT2D eigenvalue weighted by molar-refractivity contribution is 9.10. The number of hydrogen-bond donors (Lipinski definition) is 1. The Kier molecular flexibility index (Phi) is 2.33. The molecule has 0 saturated heterocycles. The Balaban J connectivity index is 2.32. The maximum atomic E-state index is 3.54. The highest BCUT2D eigenvalue weighted by Crippen LogP contribution is 2.30. The zero-order chi connectivity index (χ0) is 11.3. The Hall–Kier alpha value is -0.800. The van der Waals surface area contributed by atoms with Crippen molar-refractivity contribution in [2.45, 2.75) is 25.9 Å². The summed E-state index contributed by atoms with van der Waals surface area (Å²) in [7, 11) is 2.16. The van der Waals surface area contributed by atoms with Gasteiger partial charge < -0.3 is 9.88 Å². The lowest BCUT2D eigenvalue weighted by Gasteiger charge is -2.21. The molecule has 0 fully saturated rings. The SMILES string of the molecule is CC1Cc2c(n(C)c3cc(Br)ccc23)CN1. The highest BCUT2D eigenvalue weighted by atomic mass is 79.9. The molecule has 1 aliphatic rings. The number of nitrogens with one attached hydrogen (secondary N) is 1. The molecule has 84 valence electrons. The van der Waals surface area contributed by atoms with Crippen molar-refractivity contribution >= 4 is 26.8 Å². The fourth-order valence-electron chi connectivity index (χ4n) is 2.64. The van der Waals surface area contributed by atoms with Crippen molar-refractivity contribution in [3.05, 3.63) is 33.9 Å². The van der Waals surface area contributed by atoms with E-state index in [-0.39, 0.29) is 0 Å². The zero-order valence-electron chi connectivity index (χ0n) is 9.55. The van der Waals surface area contributed by atoms with E-state index in [9.17, 15) is 0 Å². The monoisotopic (exact) mass is 278 g/mol.